The number of para-hydroxylation sites is 1. The van der Waals surface area contributed by atoms with Crippen LogP contribution < -0.4 is 4.74 Å². The monoisotopic (exact) mass is 246 g/mol. The minimum Gasteiger partial charge on any atom is -0.493 e. The van der Waals surface area contributed by atoms with Crippen molar-refractivity contribution in [1.29, 1.82) is 0 Å². The number of aromatic amines is 1. The molecule has 1 heterocycles. The average molecular weight is 246 g/mol. The molecule has 94 valence electrons. The topological polar surface area (TPSA) is 75.2 Å². The lowest BCUT2D eigenvalue weighted by molar-refractivity contribution is 0.0697. The van der Waals surface area contributed by atoms with Crippen LogP contribution in [0.4, 0.5) is 0 Å². The summed E-state index contributed by atoms with van der Waals surface area (Å²) in [5, 5.41) is 16.0. The molecule has 0 saturated carbocycles. The van der Waals surface area contributed by atoms with E-state index in [0.717, 1.165) is 0 Å². The Labute approximate surface area is 104 Å². The van der Waals surface area contributed by atoms with E-state index in [9.17, 15) is 9.90 Å². The van der Waals surface area contributed by atoms with Crippen LogP contribution >= 0.6 is 0 Å². The third-order valence-electron chi connectivity index (χ3n) is 2.60. The Morgan fingerprint density at radius 1 is 1.44 bits per heavy atom. The quantitative estimate of drug-likeness (QED) is 0.869. The van der Waals surface area contributed by atoms with Crippen molar-refractivity contribution in [2.75, 3.05) is 6.61 Å². The van der Waals surface area contributed by atoms with Crippen molar-refractivity contribution in [3.8, 4) is 17.0 Å². The zero-order valence-corrected chi connectivity index (χ0v) is 10.2. The molecule has 2 N–H and O–H groups in total. The van der Waals surface area contributed by atoms with Gasteiger partial charge in [-0.2, -0.15) is 5.10 Å². The van der Waals surface area contributed by atoms with Gasteiger partial charge < -0.3 is 9.84 Å². The number of carboxylic acid groups (broad SMARTS) is 1. The molecule has 0 aliphatic rings. The van der Waals surface area contributed by atoms with E-state index >= 15 is 0 Å². The summed E-state index contributed by atoms with van der Waals surface area (Å²) in [6.45, 7) is 4.08. The molecule has 0 unspecified atom stereocenters. The van der Waals surface area contributed by atoms with E-state index in [1.165, 1.54) is 0 Å². The van der Waals surface area contributed by atoms with Crippen LogP contribution in [0.5, 0.6) is 5.75 Å². The Hall–Kier alpha value is -2.30. The summed E-state index contributed by atoms with van der Waals surface area (Å²) >= 11 is 0. The smallest absolute Gasteiger partial charge is 0.339 e. The largest absolute Gasteiger partial charge is 0.493 e. The minimum atomic E-state index is -0.998. The number of benzene rings is 1. The maximum absolute atomic E-state index is 11.2. The lowest BCUT2D eigenvalue weighted by atomic mass is 10.1. The van der Waals surface area contributed by atoms with Crippen molar-refractivity contribution >= 4 is 5.97 Å². The van der Waals surface area contributed by atoms with E-state index in [1.54, 1.807) is 19.1 Å². The third kappa shape index (κ3) is 2.07. The normalized spacial score (nSPS) is 10.3. The number of aromatic nitrogens is 2. The molecule has 18 heavy (non-hydrogen) atoms. The van der Waals surface area contributed by atoms with Crippen LogP contribution in [0.15, 0.2) is 24.3 Å². The Morgan fingerprint density at radius 2 is 2.17 bits per heavy atom. The Bertz CT molecular complexity index is 575. The van der Waals surface area contributed by atoms with Gasteiger partial charge in [-0.05, 0) is 26.0 Å². The number of hydrogen-bond acceptors (Lipinski definition) is 3. The van der Waals surface area contributed by atoms with Gasteiger partial charge >= 0.3 is 5.97 Å². The standard InChI is InChI=1S/C13H14N2O3/c1-3-18-10-7-5-4-6-9(10)12-11(13(16)17)8(2)14-15-12/h4-7H,3H2,1-2H3,(H,14,15)(H,16,17). The van der Waals surface area contributed by atoms with E-state index < -0.39 is 5.97 Å². The summed E-state index contributed by atoms with van der Waals surface area (Å²) in [5.41, 5.74) is 1.80. The van der Waals surface area contributed by atoms with Gasteiger partial charge in [-0.25, -0.2) is 4.79 Å². The zero-order valence-electron chi connectivity index (χ0n) is 10.2. The Kier molecular flexibility index (Phi) is 3.32. The number of nitrogens with one attached hydrogen (secondary N) is 1. The molecule has 1 aromatic heterocycles. The fourth-order valence-corrected chi connectivity index (χ4v) is 1.83. The number of H-pyrrole nitrogens is 1. The third-order valence-corrected chi connectivity index (χ3v) is 2.60. The lowest BCUT2D eigenvalue weighted by Gasteiger charge is -2.08. The second-order valence-electron chi connectivity index (χ2n) is 3.81. The molecule has 0 amide bonds. The average Bonchev–Trinajstić information content (AvgIpc) is 2.72. The first-order valence-corrected chi connectivity index (χ1v) is 5.65. The van der Waals surface area contributed by atoms with Gasteiger partial charge in [-0.15, -0.1) is 0 Å². The summed E-state index contributed by atoms with van der Waals surface area (Å²) < 4.78 is 5.49. The molecule has 0 aliphatic heterocycles. The summed E-state index contributed by atoms with van der Waals surface area (Å²) in [4.78, 5) is 11.2. The van der Waals surface area contributed by atoms with Crippen molar-refractivity contribution < 1.29 is 14.6 Å². The number of nitrogens with zero attached hydrogens (tertiary/aromatic N) is 1. The molecule has 2 rings (SSSR count). The molecule has 0 radical (unpaired) electrons. The van der Waals surface area contributed by atoms with Crippen molar-refractivity contribution in [3.63, 3.8) is 0 Å². The number of hydrogen-bond donors (Lipinski definition) is 2. The molecule has 0 saturated heterocycles. The highest BCUT2D eigenvalue weighted by Gasteiger charge is 2.20. The summed E-state index contributed by atoms with van der Waals surface area (Å²) in [6, 6.07) is 7.27. The Balaban J connectivity index is 2.58. The maximum Gasteiger partial charge on any atom is 0.339 e. The van der Waals surface area contributed by atoms with Crippen molar-refractivity contribution in [2.45, 2.75) is 13.8 Å². The van der Waals surface area contributed by atoms with E-state index in [2.05, 4.69) is 10.2 Å². The van der Waals surface area contributed by atoms with Gasteiger partial charge in [0, 0.05) is 11.3 Å². The van der Waals surface area contributed by atoms with Crippen LogP contribution in [0.25, 0.3) is 11.3 Å². The number of carbonyl (C=O) groups is 1. The van der Waals surface area contributed by atoms with E-state index in [0.29, 0.717) is 29.3 Å². The fraction of sp³-hybridized carbons (Fsp3) is 0.231. The number of ether oxygens (including phenoxy) is 1. The van der Waals surface area contributed by atoms with Gasteiger partial charge in [-0.1, -0.05) is 12.1 Å². The number of rotatable bonds is 4. The molecule has 1 aromatic carbocycles. The second kappa shape index (κ2) is 4.91. The lowest BCUT2D eigenvalue weighted by Crippen LogP contribution is -2.01. The molecule has 5 heteroatoms. The van der Waals surface area contributed by atoms with E-state index in [4.69, 9.17) is 4.74 Å². The molecule has 0 aliphatic carbocycles. The first-order valence-electron chi connectivity index (χ1n) is 5.65. The van der Waals surface area contributed by atoms with Crippen LogP contribution in [-0.2, 0) is 0 Å². The van der Waals surface area contributed by atoms with Crippen LogP contribution in [-0.4, -0.2) is 27.9 Å². The van der Waals surface area contributed by atoms with Gasteiger partial charge in [0.1, 0.15) is 17.0 Å². The zero-order chi connectivity index (χ0) is 13.1. The SMILES string of the molecule is CCOc1ccccc1-c1n[nH]c(C)c1C(=O)O. The van der Waals surface area contributed by atoms with E-state index in [-0.39, 0.29) is 5.56 Å². The summed E-state index contributed by atoms with van der Waals surface area (Å²) in [5.74, 6) is -0.364. The second-order valence-corrected chi connectivity index (χ2v) is 3.81. The molecular formula is C13H14N2O3. The highest BCUT2D eigenvalue weighted by atomic mass is 16.5. The van der Waals surface area contributed by atoms with E-state index in [1.807, 2.05) is 19.1 Å². The molecule has 0 spiro atoms. The van der Waals surface area contributed by atoms with Crippen molar-refractivity contribution in [1.82, 2.24) is 10.2 Å². The Morgan fingerprint density at radius 3 is 2.83 bits per heavy atom. The number of aryl methyl sites for hydroxylation is 1. The highest BCUT2D eigenvalue weighted by Crippen LogP contribution is 2.31. The predicted molar refractivity (Wildman–Crippen MR) is 66.9 cm³/mol. The molecule has 0 fully saturated rings. The van der Waals surface area contributed by atoms with Gasteiger partial charge in [0.15, 0.2) is 0 Å². The van der Waals surface area contributed by atoms with Gasteiger partial charge in [0.05, 0.1) is 6.61 Å². The van der Waals surface area contributed by atoms with Crippen LogP contribution in [0.2, 0.25) is 0 Å². The first kappa shape index (κ1) is 12.2. The van der Waals surface area contributed by atoms with Crippen molar-refractivity contribution in [3.05, 3.63) is 35.5 Å². The molecule has 2 aromatic rings. The van der Waals surface area contributed by atoms with Gasteiger partial charge in [-0.3, -0.25) is 5.10 Å². The van der Waals surface area contributed by atoms with Crippen LogP contribution in [0, 0.1) is 6.92 Å². The predicted octanol–water partition coefficient (Wildman–Crippen LogP) is 2.48. The fourth-order valence-electron chi connectivity index (χ4n) is 1.83. The number of carboxylic acids is 1. The molecule has 0 atom stereocenters. The highest BCUT2D eigenvalue weighted by molar-refractivity contribution is 5.96. The first-order chi connectivity index (χ1) is 8.65. The number of aromatic carboxylic acids is 1. The van der Waals surface area contributed by atoms with Crippen LogP contribution in [0.1, 0.15) is 23.0 Å². The minimum absolute atomic E-state index is 0.183. The molecule has 0 bridgehead atoms. The molecule has 5 nitrogen and oxygen atoms in total. The van der Waals surface area contributed by atoms with Crippen molar-refractivity contribution in [2.24, 2.45) is 0 Å². The summed E-state index contributed by atoms with van der Waals surface area (Å²) in [6.07, 6.45) is 0. The molecular weight excluding hydrogens is 232 g/mol. The maximum atomic E-state index is 11.2. The summed E-state index contributed by atoms with van der Waals surface area (Å²) in [7, 11) is 0. The van der Waals surface area contributed by atoms with Gasteiger partial charge in [0.2, 0.25) is 0 Å². The van der Waals surface area contributed by atoms with Crippen LogP contribution in [0.3, 0.4) is 0 Å². The van der Waals surface area contributed by atoms with Gasteiger partial charge in [0.25, 0.3) is 0 Å².